The highest BCUT2D eigenvalue weighted by Gasteiger charge is 2.10. The fourth-order valence-corrected chi connectivity index (χ4v) is 1.99. The van der Waals surface area contributed by atoms with Crippen molar-refractivity contribution in [3.05, 3.63) is 35.9 Å². The number of nitrogens with zero attached hydrogens (tertiary/aromatic N) is 4. The van der Waals surface area contributed by atoms with Gasteiger partial charge in [0.1, 0.15) is 0 Å². The summed E-state index contributed by atoms with van der Waals surface area (Å²) in [5.41, 5.74) is 0. The molecule has 0 aliphatic heterocycles. The van der Waals surface area contributed by atoms with Crippen LogP contribution in [0.5, 0.6) is 0 Å². The van der Waals surface area contributed by atoms with Crippen molar-refractivity contribution in [2.45, 2.75) is 38.8 Å². The predicted octanol–water partition coefficient (Wildman–Crippen LogP) is 3.34. The van der Waals surface area contributed by atoms with E-state index in [9.17, 15) is 0 Å². The van der Waals surface area contributed by atoms with Crippen molar-refractivity contribution in [1.29, 1.82) is 0 Å². The van der Waals surface area contributed by atoms with E-state index in [1.54, 1.807) is 6.20 Å². The van der Waals surface area contributed by atoms with Crippen LogP contribution in [0.2, 0.25) is 5.02 Å². The first-order valence-corrected chi connectivity index (χ1v) is 6.23. The Hall–Kier alpha value is -1.29. The highest BCUT2D eigenvalue weighted by atomic mass is 35.5. The van der Waals surface area contributed by atoms with Gasteiger partial charge in [0.05, 0.1) is 11.2 Å². The maximum atomic E-state index is 5.85. The van der Waals surface area contributed by atoms with Crippen LogP contribution < -0.4 is 0 Å². The van der Waals surface area contributed by atoms with E-state index in [1.165, 1.54) is 0 Å². The molecule has 0 bridgehead atoms. The lowest BCUT2D eigenvalue weighted by molar-refractivity contribution is 0.378. The fourth-order valence-electron chi connectivity index (χ4n) is 1.84. The highest BCUT2D eigenvalue weighted by molar-refractivity contribution is 6.30. The van der Waals surface area contributed by atoms with Crippen molar-refractivity contribution < 1.29 is 0 Å². The minimum absolute atomic E-state index is 0.362. The summed E-state index contributed by atoms with van der Waals surface area (Å²) in [7, 11) is 0. The molecule has 0 saturated carbocycles. The van der Waals surface area contributed by atoms with Crippen molar-refractivity contribution in [2.24, 2.45) is 0 Å². The third kappa shape index (κ3) is 3.09. The third-order valence-electron chi connectivity index (χ3n) is 3.00. The third-order valence-corrected chi connectivity index (χ3v) is 3.20. The Bertz CT molecular complexity index is 449. The molecule has 0 fully saturated rings. The minimum Gasteiger partial charge on any atom is -0.270 e. The van der Waals surface area contributed by atoms with Crippen LogP contribution in [0.4, 0.5) is 0 Å². The molecule has 0 amide bonds. The van der Waals surface area contributed by atoms with E-state index in [4.69, 9.17) is 11.6 Å². The van der Waals surface area contributed by atoms with Crippen LogP contribution in [0.1, 0.15) is 38.8 Å². The molecule has 92 valence electrons. The molecule has 4 nitrogen and oxygen atoms in total. The van der Waals surface area contributed by atoms with Crippen molar-refractivity contribution >= 4 is 11.6 Å². The summed E-state index contributed by atoms with van der Waals surface area (Å²) in [5, 5.41) is 9.15. The second kappa shape index (κ2) is 5.36. The Morgan fingerprint density at radius 3 is 2.41 bits per heavy atom. The second-order valence-electron chi connectivity index (χ2n) is 4.40. The molecule has 17 heavy (non-hydrogen) atoms. The Morgan fingerprint density at radius 2 is 1.88 bits per heavy atom. The van der Waals surface area contributed by atoms with Gasteiger partial charge >= 0.3 is 0 Å². The van der Waals surface area contributed by atoms with Crippen LogP contribution in [0.25, 0.3) is 0 Å². The normalized spacial score (nSPS) is 14.8. The largest absolute Gasteiger partial charge is 0.270 e. The zero-order chi connectivity index (χ0) is 12.3. The van der Waals surface area contributed by atoms with E-state index in [0.29, 0.717) is 17.1 Å². The average molecular weight is 253 g/mol. The zero-order valence-electron chi connectivity index (χ0n) is 10.1. The quantitative estimate of drug-likeness (QED) is 0.818. The van der Waals surface area contributed by atoms with E-state index in [1.807, 2.05) is 34.0 Å². The summed E-state index contributed by atoms with van der Waals surface area (Å²) in [6.45, 7) is 4.33. The standard InChI is InChI=1S/C12H17ClN4/c1-10(16-7-3-6-14-16)4-5-11(2)17-9-12(13)8-15-17/h3,6-11H,4-5H2,1-2H3. The van der Waals surface area contributed by atoms with Crippen LogP contribution in [0.15, 0.2) is 30.9 Å². The first kappa shape index (κ1) is 12.2. The van der Waals surface area contributed by atoms with E-state index in [2.05, 4.69) is 24.0 Å². The predicted molar refractivity (Wildman–Crippen MR) is 68.1 cm³/mol. The Kier molecular flexibility index (Phi) is 3.84. The van der Waals surface area contributed by atoms with Gasteiger partial charge in [0, 0.05) is 30.7 Å². The number of aromatic nitrogens is 4. The first-order valence-electron chi connectivity index (χ1n) is 5.85. The topological polar surface area (TPSA) is 35.6 Å². The molecule has 5 heteroatoms. The molecule has 2 aromatic heterocycles. The second-order valence-corrected chi connectivity index (χ2v) is 4.84. The maximum Gasteiger partial charge on any atom is 0.0785 e. The van der Waals surface area contributed by atoms with Gasteiger partial charge in [-0.15, -0.1) is 0 Å². The van der Waals surface area contributed by atoms with Gasteiger partial charge in [-0.2, -0.15) is 10.2 Å². The van der Waals surface area contributed by atoms with E-state index in [0.717, 1.165) is 12.8 Å². The van der Waals surface area contributed by atoms with Crippen LogP contribution in [-0.2, 0) is 0 Å². The summed E-state index contributed by atoms with van der Waals surface area (Å²) >= 11 is 5.85. The van der Waals surface area contributed by atoms with Crippen LogP contribution in [-0.4, -0.2) is 19.6 Å². The van der Waals surface area contributed by atoms with Gasteiger partial charge in [0.25, 0.3) is 0 Å². The zero-order valence-corrected chi connectivity index (χ0v) is 10.9. The summed E-state index contributed by atoms with van der Waals surface area (Å²) in [6.07, 6.45) is 9.48. The lowest BCUT2D eigenvalue weighted by Crippen LogP contribution is -2.10. The molecule has 2 heterocycles. The van der Waals surface area contributed by atoms with Gasteiger partial charge in [-0.25, -0.2) is 0 Å². The van der Waals surface area contributed by atoms with Gasteiger partial charge in [-0.1, -0.05) is 11.6 Å². The molecular formula is C12H17ClN4. The molecule has 2 rings (SSSR count). The van der Waals surface area contributed by atoms with Gasteiger partial charge in [-0.3, -0.25) is 9.36 Å². The summed E-state index contributed by atoms with van der Waals surface area (Å²) in [5.74, 6) is 0. The number of rotatable bonds is 5. The van der Waals surface area contributed by atoms with Crippen molar-refractivity contribution in [3.8, 4) is 0 Å². The summed E-state index contributed by atoms with van der Waals surface area (Å²) < 4.78 is 3.90. The van der Waals surface area contributed by atoms with Crippen molar-refractivity contribution in [1.82, 2.24) is 19.6 Å². The maximum absolute atomic E-state index is 5.85. The van der Waals surface area contributed by atoms with E-state index >= 15 is 0 Å². The molecule has 0 aliphatic carbocycles. The van der Waals surface area contributed by atoms with Gasteiger partial charge < -0.3 is 0 Å². The number of hydrogen-bond acceptors (Lipinski definition) is 2. The molecule has 2 aromatic rings. The van der Waals surface area contributed by atoms with Crippen LogP contribution in [0, 0.1) is 0 Å². The molecular weight excluding hydrogens is 236 g/mol. The lowest BCUT2D eigenvalue weighted by Gasteiger charge is -2.16. The van der Waals surface area contributed by atoms with Crippen molar-refractivity contribution in [3.63, 3.8) is 0 Å². The number of hydrogen-bond donors (Lipinski definition) is 0. The molecule has 0 N–H and O–H groups in total. The minimum atomic E-state index is 0.362. The molecule has 0 spiro atoms. The monoisotopic (exact) mass is 252 g/mol. The van der Waals surface area contributed by atoms with Gasteiger partial charge in [0.15, 0.2) is 0 Å². The molecule has 2 unspecified atom stereocenters. The average Bonchev–Trinajstić information content (AvgIpc) is 2.95. The highest BCUT2D eigenvalue weighted by Crippen LogP contribution is 2.20. The van der Waals surface area contributed by atoms with Gasteiger partial charge in [0.2, 0.25) is 0 Å². The smallest absolute Gasteiger partial charge is 0.0785 e. The lowest BCUT2D eigenvalue weighted by atomic mass is 10.1. The summed E-state index contributed by atoms with van der Waals surface area (Å²) in [6, 6.07) is 2.73. The van der Waals surface area contributed by atoms with Gasteiger partial charge in [-0.05, 0) is 32.8 Å². The molecule has 0 saturated heterocycles. The Labute approximate surface area is 106 Å². The summed E-state index contributed by atoms with van der Waals surface area (Å²) in [4.78, 5) is 0. The molecule has 0 aromatic carbocycles. The molecule has 0 radical (unpaired) electrons. The van der Waals surface area contributed by atoms with Crippen molar-refractivity contribution in [2.75, 3.05) is 0 Å². The molecule has 2 atom stereocenters. The Balaban J connectivity index is 1.86. The first-order chi connectivity index (χ1) is 8.16. The Morgan fingerprint density at radius 1 is 1.18 bits per heavy atom. The number of halogens is 1. The van der Waals surface area contributed by atoms with Crippen LogP contribution >= 0.6 is 11.6 Å². The fraction of sp³-hybridized carbons (Fsp3) is 0.500. The molecule has 0 aliphatic rings. The SMILES string of the molecule is CC(CCC(C)n1cc(Cl)cn1)n1cccn1. The van der Waals surface area contributed by atoms with E-state index in [-0.39, 0.29) is 0 Å². The van der Waals surface area contributed by atoms with E-state index < -0.39 is 0 Å². The van der Waals surface area contributed by atoms with Crippen LogP contribution in [0.3, 0.4) is 0 Å².